The summed E-state index contributed by atoms with van der Waals surface area (Å²) in [6.07, 6.45) is 5.90. The summed E-state index contributed by atoms with van der Waals surface area (Å²) in [5, 5.41) is 12.3. The van der Waals surface area contributed by atoms with E-state index in [1.165, 1.54) is 0 Å². The van der Waals surface area contributed by atoms with Crippen molar-refractivity contribution in [3.05, 3.63) is 102 Å². The zero-order valence-corrected chi connectivity index (χ0v) is 21.5. The summed E-state index contributed by atoms with van der Waals surface area (Å²) < 4.78 is 7.89. The Bertz CT molecular complexity index is 1400. The molecule has 1 unspecified atom stereocenters. The zero-order valence-electron chi connectivity index (χ0n) is 21.5. The summed E-state index contributed by atoms with van der Waals surface area (Å²) in [7, 11) is 0. The van der Waals surface area contributed by atoms with E-state index >= 15 is 0 Å². The van der Waals surface area contributed by atoms with Crippen LogP contribution < -0.4 is 15.8 Å². The lowest BCUT2D eigenvalue weighted by molar-refractivity contribution is 0.102. The van der Waals surface area contributed by atoms with Crippen LogP contribution in [0.4, 0.5) is 5.69 Å². The fourth-order valence-corrected chi connectivity index (χ4v) is 4.75. The number of nitrogens with two attached hydrogens (primary N) is 1. The predicted molar refractivity (Wildman–Crippen MR) is 148 cm³/mol. The lowest BCUT2D eigenvalue weighted by Gasteiger charge is -2.30. The maximum Gasteiger partial charge on any atom is 0.255 e. The van der Waals surface area contributed by atoms with Crippen LogP contribution in [0.1, 0.15) is 40.0 Å². The number of benzene rings is 3. The van der Waals surface area contributed by atoms with Gasteiger partial charge in [-0.05, 0) is 86.0 Å². The average Bonchev–Trinajstić information content (AvgIpc) is 3.35. The molecule has 5 rings (SSSR count). The molecule has 0 bridgehead atoms. The van der Waals surface area contributed by atoms with Crippen LogP contribution >= 0.6 is 0 Å². The number of rotatable bonds is 8. The highest BCUT2D eigenvalue weighted by atomic mass is 16.5. The van der Waals surface area contributed by atoms with Gasteiger partial charge >= 0.3 is 0 Å². The average molecular weight is 512 g/mol. The fraction of sp³-hybridized carbons (Fsp3) is 0.267. The van der Waals surface area contributed by atoms with Crippen LogP contribution in [0.2, 0.25) is 0 Å². The second-order valence-corrected chi connectivity index (χ2v) is 9.83. The van der Waals surface area contributed by atoms with Gasteiger partial charge in [0, 0.05) is 42.3 Å². The predicted octanol–water partition coefficient (Wildman–Crippen LogP) is 4.64. The highest BCUT2D eigenvalue weighted by Crippen LogP contribution is 2.25. The molecule has 1 amide bonds. The van der Waals surface area contributed by atoms with Gasteiger partial charge in [-0.1, -0.05) is 18.2 Å². The van der Waals surface area contributed by atoms with Crippen molar-refractivity contribution in [1.29, 1.82) is 0 Å². The van der Waals surface area contributed by atoms with Gasteiger partial charge in [0.1, 0.15) is 11.5 Å². The number of hydrogen-bond donors (Lipinski definition) is 3. The molecule has 0 spiro atoms. The van der Waals surface area contributed by atoms with Crippen molar-refractivity contribution >= 4 is 11.6 Å². The number of carbonyl (C=O) groups is 1. The molecule has 0 radical (unpaired) electrons. The van der Waals surface area contributed by atoms with Crippen molar-refractivity contribution in [1.82, 2.24) is 14.5 Å². The number of amides is 1. The standard InChI is InChI=1S/C30H33N5O3/c1-21-16-35(20-32-21)27-13-23(17-34-11-3-5-25(31)18-34)12-26(15-27)33-30(37)24-4-2-6-29(14-24)38-28-9-7-22(19-36)8-10-28/h2,4,6-10,12-16,20,25,36H,3,5,11,17-19,31H2,1H3,(H,33,37). The molecule has 1 aliphatic heterocycles. The van der Waals surface area contributed by atoms with Crippen molar-refractivity contribution in [3.63, 3.8) is 0 Å². The number of aliphatic hydroxyl groups is 1. The van der Waals surface area contributed by atoms with E-state index in [2.05, 4.69) is 21.3 Å². The highest BCUT2D eigenvalue weighted by Gasteiger charge is 2.18. The molecule has 1 atom stereocenters. The van der Waals surface area contributed by atoms with Gasteiger partial charge in [0.25, 0.3) is 5.91 Å². The lowest BCUT2D eigenvalue weighted by atomic mass is 10.1. The molecule has 1 fully saturated rings. The second-order valence-electron chi connectivity index (χ2n) is 9.83. The number of imidazole rings is 1. The van der Waals surface area contributed by atoms with Crippen molar-refractivity contribution in [2.24, 2.45) is 5.73 Å². The van der Waals surface area contributed by atoms with Crippen LogP contribution in [-0.4, -0.2) is 44.6 Å². The Morgan fingerprint density at radius 1 is 1.11 bits per heavy atom. The Kier molecular flexibility index (Phi) is 7.83. The lowest BCUT2D eigenvalue weighted by Crippen LogP contribution is -2.42. The molecule has 1 saturated heterocycles. The van der Waals surface area contributed by atoms with E-state index in [1.54, 1.807) is 54.9 Å². The zero-order chi connectivity index (χ0) is 26.5. The third kappa shape index (κ3) is 6.47. The van der Waals surface area contributed by atoms with E-state index in [0.29, 0.717) is 22.7 Å². The summed E-state index contributed by atoms with van der Waals surface area (Å²) in [5.41, 5.74) is 11.2. The molecule has 3 aromatic carbocycles. The van der Waals surface area contributed by atoms with Crippen LogP contribution in [-0.2, 0) is 13.2 Å². The molecule has 196 valence electrons. The smallest absolute Gasteiger partial charge is 0.255 e. The highest BCUT2D eigenvalue weighted by molar-refractivity contribution is 6.04. The van der Waals surface area contributed by atoms with Gasteiger partial charge < -0.3 is 25.5 Å². The molecule has 38 heavy (non-hydrogen) atoms. The molecule has 0 saturated carbocycles. The number of aliphatic hydroxyl groups excluding tert-OH is 1. The number of carbonyl (C=O) groups excluding carboxylic acids is 1. The Hall–Kier alpha value is -3.98. The first-order valence-corrected chi connectivity index (χ1v) is 12.9. The Morgan fingerprint density at radius 2 is 1.95 bits per heavy atom. The third-order valence-corrected chi connectivity index (χ3v) is 6.63. The maximum atomic E-state index is 13.3. The summed E-state index contributed by atoms with van der Waals surface area (Å²) >= 11 is 0. The third-order valence-electron chi connectivity index (χ3n) is 6.63. The number of ether oxygens (including phenoxy) is 1. The van der Waals surface area contributed by atoms with Crippen LogP contribution in [0.25, 0.3) is 5.69 Å². The Labute approximate surface area is 222 Å². The first kappa shape index (κ1) is 25.7. The minimum Gasteiger partial charge on any atom is -0.457 e. The molecule has 1 aromatic heterocycles. The van der Waals surface area contributed by atoms with Crippen LogP contribution in [0.3, 0.4) is 0 Å². The van der Waals surface area contributed by atoms with Gasteiger partial charge in [0.2, 0.25) is 0 Å². The van der Waals surface area contributed by atoms with Crippen LogP contribution in [0.15, 0.2) is 79.3 Å². The minimum atomic E-state index is -0.226. The molecule has 0 aliphatic carbocycles. The van der Waals surface area contributed by atoms with Gasteiger partial charge in [-0.15, -0.1) is 0 Å². The number of anilines is 1. The molecular weight excluding hydrogens is 478 g/mol. The SMILES string of the molecule is Cc1cn(-c2cc(CN3CCCC(N)C3)cc(NC(=O)c3cccc(Oc4ccc(CO)cc4)c3)c2)cn1. The molecular formula is C30H33N5O3. The van der Waals surface area contributed by atoms with E-state index in [4.69, 9.17) is 10.5 Å². The van der Waals surface area contributed by atoms with E-state index in [0.717, 1.165) is 55.0 Å². The first-order chi connectivity index (χ1) is 18.4. The number of aromatic nitrogens is 2. The van der Waals surface area contributed by atoms with Gasteiger partial charge in [0.05, 0.1) is 18.6 Å². The van der Waals surface area contributed by atoms with Gasteiger partial charge in [-0.3, -0.25) is 9.69 Å². The molecule has 2 heterocycles. The number of likely N-dealkylation sites (tertiary alicyclic amines) is 1. The molecule has 4 N–H and O–H groups in total. The van der Waals surface area contributed by atoms with E-state index < -0.39 is 0 Å². The quantitative estimate of drug-likeness (QED) is 0.318. The number of aryl methyl sites for hydroxylation is 1. The van der Waals surface area contributed by atoms with Gasteiger partial charge in [-0.2, -0.15) is 0 Å². The summed E-state index contributed by atoms with van der Waals surface area (Å²) in [5.74, 6) is 0.959. The van der Waals surface area contributed by atoms with Gasteiger partial charge in [0.15, 0.2) is 0 Å². The molecule has 8 heteroatoms. The van der Waals surface area contributed by atoms with Gasteiger partial charge in [-0.25, -0.2) is 4.98 Å². The fourth-order valence-electron chi connectivity index (χ4n) is 4.75. The number of nitrogens with one attached hydrogen (secondary N) is 1. The monoisotopic (exact) mass is 511 g/mol. The topological polar surface area (TPSA) is 106 Å². The molecule has 8 nitrogen and oxygen atoms in total. The first-order valence-electron chi connectivity index (χ1n) is 12.9. The van der Waals surface area contributed by atoms with Crippen molar-refractivity contribution < 1.29 is 14.6 Å². The normalized spacial score (nSPS) is 15.8. The summed E-state index contributed by atoms with van der Waals surface area (Å²) in [4.78, 5) is 20.0. The summed E-state index contributed by atoms with van der Waals surface area (Å²) in [6, 6.07) is 20.6. The maximum absolute atomic E-state index is 13.3. The van der Waals surface area contributed by atoms with Crippen molar-refractivity contribution in [2.75, 3.05) is 18.4 Å². The Morgan fingerprint density at radius 3 is 2.68 bits per heavy atom. The Balaban J connectivity index is 1.35. The number of piperidine rings is 1. The summed E-state index contributed by atoms with van der Waals surface area (Å²) in [6.45, 7) is 4.57. The minimum absolute atomic E-state index is 0.0229. The van der Waals surface area contributed by atoms with Crippen LogP contribution in [0, 0.1) is 6.92 Å². The van der Waals surface area contributed by atoms with E-state index in [9.17, 15) is 9.90 Å². The van der Waals surface area contributed by atoms with Crippen molar-refractivity contribution in [2.45, 2.75) is 39.0 Å². The largest absolute Gasteiger partial charge is 0.457 e. The van der Waals surface area contributed by atoms with Crippen molar-refractivity contribution in [3.8, 4) is 17.2 Å². The molecule has 1 aliphatic rings. The number of nitrogens with zero attached hydrogens (tertiary/aromatic N) is 3. The number of hydrogen-bond acceptors (Lipinski definition) is 6. The van der Waals surface area contributed by atoms with E-state index in [-0.39, 0.29) is 18.6 Å². The van der Waals surface area contributed by atoms with Crippen LogP contribution in [0.5, 0.6) is 11.5 Å². The molecule has 4 aromatic rings. The van der Waals surface area contributed by atoms with E-state index in [1.807, 2.05) is 29.8 Å². The second kappa shape index (κ2) is 11.6.